The molecule has 1 atom stereocenters. The van der Waals surface area contributed by atoms with Gasteiger partial charge in [-0.15, -0.1) is 12.4 Å². The first-order valence-electron chi connectivity index (χ1n) is 7.67. The van der Waals surface area contributed by atoms with Crippen LogP contribution in [0.4, 0.5) is 4.39 Å². The van der Waals surface area contributed by atoms with Gasteiger partial charge in [0.15, 0.2) is 6.61 Å². The van der Waals surface area contributed by atoms with Crippen molar-refractivity contribution in [2.75, 3.05) is 13.1 Å². The topological polar surface area (TPSA) is 60.2 Å². The van der Waals surface area contributed by atoms with Gasteiger partial charge in [-0.05, 0) is 62.0 Å². The van der Waals surface area contributed by atoms with Crippen molar-refractivity contribution >= 4 is 12.4 Å². The molecule has 1 aliphatic heterocycles. The van der Waals surface area contributed by atoms with Gasteiger partial charge < -0.3 is 14.6 Å². The highest BCUT2D eigenvalue weighted by Gasteiger charge is 2.57. The molecule has 0 amide bonds. The Morgan fingerprint density at radius 3 is 2.74 bits per heavy atom. The Hall–Kier alpha value is -1.66. The molecular formula is C16H19ClFN3O2. The van der Waals surface area contributed by atoms with Gasteiger partial charge in [-0.25, -0.2) is 4.39 Å². The maximum atomic E-state index is 12.8. The fourth-order valence-corrected chi connectivity index (χ4v) is 3.32. The van der Waals surface area contributed by atoms with E-state index >= 15 is 0 Å². The first-order chi connectivity index (χ1) is 10.8. The molecule has 1 N–H and O–H groups in total. The van der Waals surface area contributed by atoms with E-state index in [-0.39, 0.29) is 24.8 Å². The Bertz CT molecular complexity index is 656. The Labute approximate surface area is 140 Å². The van der Waals surface area contributed by atoms with Crippen LogP contribution in [0.25, 0.3) is 0 Å². The molecule has 2 aromatic rings. The second-order valence-corrected chi connectivity index (χ2v) is 6.16. The van der Waals surface area contributed by atoms with E-state index < -0.39 is 0 Å². The van der Waals surface area contributed by atoms with Gasteiger partial charge in [0.05, 0.1) is 0 Å². The predicted octanol–water partition coefficient (Wildman–Crippen LogP) is 3.07. The monoisotopic (exact) mass is 339 g/mol. The van der Waals surface area contributed by atoms with E-state index in [1.165, 1.54) is 25.0 Å². The van der Waals surface area contributed by atoms with Gasteiger partial charge in [0.1, 0.15) is 11.6 Å². The van der Waals surface area contributed by atoms with E-state index in [4.69, 9.17) is 9.26 Å². The third-order valence-corrected chi connectivity index (χ3v) is 4.75. The highest BCUT2D eigenvalue weighted by Crippen LogP contribution is 2.63. The molecule has 2 aliphatic rings. The molecule has 0 radical (unpaired) electrons. The van der Waals surface area contributed by atoms with E-state index in [2.05, 4.69) is 15.5 Å². The number of nitrogens with one attached hydrogen (secondary N) is 1. The molecule has 0 bridgehead atoms. The van der Waals surface area contributed by atoms with E-state index in [1.807, 2.05) is 0 Å². The summed E-state index contributed by atoms with van der Waals surface area (Å²) in [6.45, 7) is 2.38. The van der Waals surface area contributed by atoms with Crippen LogP contribution >= 0.6 is 12.4 Å². The molecule has 1 aromatic carbocycles. The number of nitrogens with zero attached hydrogens (tertiary/aromatic N) is 2. The molecular weight excluding hydrogens is 321 g/mol. The third kappa shape index (κ3) is 3.33. The number of aromatic nitrogens is 2. The Kier molecular flexibility index (Phi) is 4.55. The van der Waals surface area contributed by atoms with Crippen LogP contribution in [-0.4, -0.2) is 23.2 Å². The normalized spacial score (nSPS) is 21.7. The van der Waals surface area contributed by atoms with Crippen LogP contribution in [0.3, 0.4) is 0 Å². The first-order valence-corrected chi connectivity index (χ1v) is 7.67. The molecule has 1 saturated heterocycles. The van der Waals surface area contributed by atoms with Gasteiger partial charge in [0.2, 0.25) is 11.7 Å². The molecule has 1 unspecified atom stereocenters. The summed E-state index contributed by atoms with van der Waals surface area (Å²) in [5.41, 5.74) is 0.382. The molecule has 1 spiro atoms. The molecule has 23 heavy (non-hydrogen) atoms. The van der Waals surface area contributed by atoms with Crippen molar-refractivity contribution in [1.29, 1.82) is 0 Å². The average Bonchev–Trinajstić information content (AvgIpc) is 3.03. The Balaban J connectivity index is 0.00000156. The first kappa shape index (κ1) is 16.2. The van der Waals surface area contributed by atoms with Gasteiger partial charge in [-0.1, -0.05) is 5.16 Å². The van der Waals surface area contributed by atoms with Gasteiger partial charge in [-0.3, -0.25) is 0 Å². The summed E-state index contributed by atoms with van der Waals surface area (Å²) < 4.78 is 23.8. The largest absolute Gasteiger partial charge is 0.485 e. The van der Waals surface area contributed by atoms with Crippen molar-refractivity contribution in [2.24, 2.45) is 5.41 Å². The summed E-state index contributed by atoms with van der Waals surface area (Å²) in [6.07, 6.45) is 3.51. The maximum Gasteiger partial charge on any atom is 0.230 e. The van der Waals surface area contributed by atoms with Crippen molar-refractivity contribution in [3.63, 3.8) is 0 Å². The van der Waals surface area contributed by atoms with Crippen molar-refractivity contribution in [2.45, 2.75) is 31.8 Å². The second-order valence-electron chi connectivity index (χ2n) is 6.16. The fourth-order valence-electron chi connectivity index (χ4n) is 3.32. The van der Waals surface area contributed by atoms with E-state index in [0.29, 0.717) is 22.9 Å². The summed E-state index contributed by atoms with van der Waals surface area (Å²) in [6, 6.07) is 5.90. The van der Waals surface area contributed by atoms with Crippen molar-refractivity contribution < 1.29 is 13.7 Å². The lowest BCUT2D eigenvalue weighted by Crippen LogP contribution is -2.29. The summed E-state index contributed by atoms with van der Waals surface area (Å²) in [7, 11) is 0. The average molecular weight is 340 g/mol. The van der Waals surface area contributed by atoms with E-state index in [9.17, 15) is 4.39 Å². The third-order valence-electron chi connectivity index (χ3n) is 4.75. The maximum absolute atomic E-state index is 12.8. The smallest absolute Gasteiger partial charge is 0.230 e. The fraction of sp³-hybridized carbons (Fsp3) is 0.500. The highest BCUT2D eigenvalue weighted by atomic mass is 35.5. The van der Waals surface area contributed by atoms with Crippen LogP contribution in [-0.2, 0) is 6.61 Å². The van der Waals surface area contributed by atoms with Crippen molar-refractivity contribution in [3.05, 3.63) is 41.8 Å². The summed E-state index contributed by atoms with van der Waals surface area (Å²) >= 11 is 0. The molecule has 7 heteroatoms. The zero-order valence-electron chi connectivity index (χ0n) is 12.6. The lowest BCUT2D eigenvalue weighted by Gasteiger charge is -2.22. The van der Waals surface area contributed by atoms with Gasteiger partial charge in [0.25, 0.3) is 0 Å². The number of halogens is 2. The van der Waals surface area contributed by atoms with Gasteiger partial charge in [-0.2, -0.15) is 4.98 Å². The molecule has 1 aromatic heterocycles. The van der Waals surface area contributed by atoms with Crippen LogP contribution < -0.4 is 10.1 Å². The van der Waals surface area contributed by atoms with Crippen LogP contribution in [0.5, 0.6) is 5.75 Å². The molecule has 5 nitrogen and oxygen atoms in total. The summed E-state index contributed by atoms with van der Waals surface area (Å²) in [4.78, 5) is 4.46. The number of hydrogen-bond donors (Lipinski definition) is 1. The van der Waals surface area contributed by atoms with Gasteiger partial charge >= 0.3 is 0 Å². The summed E-state index contributed by atoms with van der Waals surface area (Å²) in [5, 5.41) is 7.37. The highest BCUT2D eigenvalue weighted by molar-refractivity contribution is 5.85. The standard InChI is InChI=1S/C16H18FN3O2.ClH/c17-11-1-3-12(4-2-11)21-10-14-19-15(22-20-14)13-9-16(13)5-7-18-8-6-16;/h1-4,13,18H,5-10H2;1H. The van der Waals surface area contributed by atoms with Crippen LogP contribution in [0.2, 0.25) is 0 Å². The number of piperidine rings is 1. The van der Waals surface area contributed by atoms with Crippen molar-refractivity contribution in [1.82, 2.24) is 15.5 Å². The molecule has 4 rings (SSSR count). The minimum absolute atomic E-state index is 0. The summed E-state index contributed by atoms with van der Waals surface area (Å²) in [5.74, 6) is 1.99. The Morgan fingerprint density at radius 2 is 2.00 bits per heavy atom. The molecule has 2 heterocycles. The number of ether oxygens (including phenoxy) is 1. The minimum atomic E-state index is -0.282. The number of benzene rings is 1. The zero-order chi connectivity index (χ0) is 15.0. The van der Waals surface area contributed by atoms with Gasteiger partial charge in [0, 0.05) is 5.92 Å². The molecule has 2 fully saturated rings. The zero-order valence-corrected chi connectivity index (χ0v) is 13.4. The Morgan fingerprint density at radius 1 is 1.26 bits per heavy atom. The quantitative estimate of drug-likeness (QED) is 0.927. The number of rotatable bonds is 4. The van der Waals surface area contributed by atoms with Crippen LogP contribution in [0, 0.1) is 11.2 Å². The van der Waals surface area contributed by atoms with E-state index in [1.54, 1.807) is 12.1 Å². The minimum Gasteiger partial charge on any atom is -0.485 e. The lowest BCUT2D eigenvalue weighted by atomic mass is 9.92. The van der Waals surface area contributed by atoms with Crippen LogP contribution in [0.1, 0.15) is 36.9 Å². The number of hydrogen-bond acceptors (Lipinski definition) is 5. The SMILES string of the molecule is Cl.Fc1ccc(OCc2noc(C3CC34CCNCC4)n2)cc1. The predicted molar refractivity (Wildman–Crippen MR) is 84.2 cm³/mol. The van der Waals surface area contributed by atoms with Crippen LogP contribution in [0.15, 0.2) is 28.8 Å². The molecule has 1 aliphatic carbocycles. The van der Waals surface area contributed by atoms with E-state index in [0.717, 1.165) is 25.4 Å². The lowest BCUT2D eigenvalue weighted by molar-refractivity contribution is 0.282. The molecule has 124 valence electrons. The molecule has 1 saturated carbocycles. The second kappa shape index (κ2) is 6.45. The van der Waals surface area contributed by atoms with Crippen molar-refractivity contribution in [3.8, 4) is 5.75 Å².